The number of H-pyrrole nitrogens is 1. The molecule has 40 heavy (non-hydrogen) atoms. The number of aromatic nitrogens is 1. The standard InChI is InChI=1S/C34H42N4O2/c1-25(2)22-38(33(40)36-29-11-7-6-8-12-29)24-32(39)37(23-26-15-17-28(18-16-26)34(3,4)5)20-19-27-21-35-31-14-10-9-13-30(27)31/h6-18,21,25,35H,19-20,22-24H2,1-5H3,(H,36,40). The van der Waals surface area contributed by atoms with Gasteiger partial charge in [-0.3, -0.25) is 4.79 Å². The molecule has 0 aliphatic carbocycles. The van der Waals surface area contributed by atoms with Gasteiger partial charge in [0.2, 0.25) is 5.91 Å². The minimum Gasteiger partial charge on any atom is -0.361 e. The fourth-order valence-corrected chi connectivity index (χ4v) is 4.86. The summed E-state index contributed by atoms with van der Waals surface area (Å²) in [7, 11) is 0. The fraction of sp³-hybridized carbons (Fsp3) is 0.353. The lowest BCUT2D eigenvalue weighted by Crippen LogP contribution is -2.46. The maximum Gasteiger partial charge on any atom is 0.322 e. The number of hydrogen-bond acceptors (Lipinski definition) is 2. The molecule has 3 amide bonds. The van der Waals surface area contributed by atoms with Gasteiger partial charge in [0.15, 0.2) is 0 Å². The highest BCUT2D eigenvalue weighted by atomic mass is 16.2. The molecule has 0 radical (unpaired) electrons. The summed E-state index contributed by atoms with van der Waals surface area (Å²) in [5.74, 6) is 0.155. The van der Waals surface area contributed by atoms with Gasteiger partial charge < -0.3 is 20.1 Å². The minimum absolute atomic E-state index is 0.0187. The number of benzene rings is 3. The van der Waals surface area contributed by atoms with Crippen LogP contribution in [0.15, 0.2) is 85.1 Å². The van der Waals surface area contributed by atoms with Crippen molar-refractivity contribution < 1.29 is 9.59 Å². The zero-order chi connectivity index (χ0) is 28.7. The Bertz CT molecular complexity index is 1400. The Balaban J connectivity index is 1.53. The zero-order valence-corrected chi connectivity index (χ0v) is 24.4. The van der Waals surface area contributed by atoms with Gasteiger partial charge in [0.05, 0.1) is 0 Å². The Labute approximate surface area is 238 Å². The van der Waals surface area contributed by atoms with E-state index < -0.39 is 0 Å². The molecule has 0 saturated carbocycles. The third-order valence-electron chi connectivity index (χ3n) is 7.10. The molecule has 3 aromatic carbocycles. The van der Waals surface area contributed by atoms with Gasteiger partial charge in [0.1, 0.15) is 6.54 Å². The lowest BCUT2D eigenvalue weighted by Gasteiger charge is -2.29. The van der Waals surface area contributed by atoms with E-state index in [4.69, 9.17) is 0 Å². The number of amides is 3. The van der Waals surface area contributed by atoms with Gasteiger partial charge in [-0.15, -0.1) is 0 Å². The van der Waals surface area contributed by atoms with Crippen LogP contribution in [0.2, 0.25) is 0 Å². The summed E-state index contributed by atoms with van der Waals surface area (Å²) in [6, 6.07) is 25.8. The van der Waals surface area contributed by atoms with E-state index in [0.29, 0.717) is 25.3 Å². The molecule has 0 aliphatic rings. The monoisotopic (exact) mass is 538 g/mol. The number of fused-ring (bicyclic) bond motifs is 1. The number of hydrogen-bond donors (Lipinski definition) is 2. The van der Waals surface area contributed by atoms with Crippen molar-refractivity contribution in [3.8, 4) is 0 Å². The molecule has 1 heterocycles. The van der Waals surface area contributed by atoms with Gasteiger partial charge in [-0.1, -0.05) is 95.3 Å². The van der Waals surface area contributed by atoms with Crippen molar-refractivity contribution in [3.05, 3.63) is 102 Å². The molecule has 0 atom stereocenters. The second kappa shape index (κ2) is 12.9. The molecule has 6 nitrogen and oxygen atoms in total. The van der Waals surface area contributed by atoms with E-state index in [0.717, 1.165) is 17.5 Å². The predicted octanol–water partition coefficient (Wildman–Crippen LogP) is 7.23. The van der Waals surface area contributed by atoms with Crippen LogP contribution >= 0.6 is 0 Å². The van der Waals surface area contributed by atoms with Crippen molar-refractivity contribution in [1.82, 2.24) is 14.8 Å². The Kier molecular flexibility index (Phi) is 9.30. The Morgan fingerprint density at radius 2 is 1.55 bits per heavy atom. The molecule has 0 aliphatic heterocycles. The fourth-order valence-electron chi connectivity index (χ4n) is 4.86. The molecule has 4 aromatic rings. The smallest absolute Gasteiger partial charge is 0.322 e. The van der Waals surface area contributed by atoms with Crippen LogP contribution in [0.25, 0.3) is 10.9 Å². The molecule has 0 fully saturated rings. The molecular weight excluding hydrogens is 496 g/mol. The number of nitrogens with zero attached hydrogens (tertiary/aromatic N) is 2. The average Bonchev–Trinajstić information content (AvgIpc) is 3.33. The maximum atomic E-state index is 13.8. The molecule has 0 spiro atoms. The summed E-state index contributed by atoms with van der Waals surface area (Å²) in [4.78, 5) is 33.9. The van der Waals surface area contributed by atoms with Gasteiger partial charge in [-0.05, 0) is 52.6 Å². The zero-order valence-electron chi connectivity index (χ0n) is 24.4. The van der Waals surface area contributed by atoms with Gasteiger partial charge in [0.25, 0.3) is 0 Å². The first-order valence-corrected chi connectivity index (χ1v) is 14.1. The summed E-state index contributed by atoms with van der Waals surface area (Å²) in [5.41, 5.74) is 5.38. The van der Waals surface area contributed by atoms with Crippen LogP contribution in [0.3, 0.4) is 0 Å². The number of aromatic amines is 1. The minimum atomic E-state index is -0.264. The molecule has 0 unspecified atom stereocenters. The van der Waals surface area contributed by atoms with E-state index in [1.807, 2.05) is 53.6 Å². The SMILES string of the molecule is CC(C)CN(CC(=O)N(CCc1c[nH]c2ccccc12)Cc1ccc(C(C)(C)C)cc1)C(=O)Nc1ccccc1. The van der Waals surface area contributed by atoms with Crippen molar-refractivity contribution in [3.63, 3.8) is 0 Å². The van der Waals surface area contributed by atoms with Crippen molar-refractivity contribution >= 4 is 28.5 Å². The number of para-hydroxylation sites is 2. The van der Waals surface area contributed by atoms with E-state index in [2.05, 4.69) is 81.3 Å². The summed E-state index contributed by atoms with van der Waals surface area (Å²) in [5, 5.41) is 4.12. The van der Waals surface area contributed by atoms with Crippen LogP contribution in [0.4, 0.5) is 10.5 Å². The summed E-state index contributed by atoms with van der Waals surface area (Å²) >= 11 is 0. The maximum absolute atomic E-state index is 13.8. The molecule has 1 aromatic heterocycles. The van der Waals surface area contributed by atoms with Crippen LogP contribution < -0.4 is 5.32 Å². The van der Waals surface area contributed by atoms with Gasteiger partial charge >= 0.3 is 6.03 Å². The molecule has 210 valence electrons. The lowest BCUT2D eigenvalue weighted by molar-refractivity contribution is -0.132. The van der Waals surface area contributed by atoms with Crippen LogP contribution in [-0.2, 0) is 23.2 Å². The van der Waals surface area contributed by atoms with Crippen LogP contribution in [0, 0.1) is 5.92 Å². The molecule has 6 heteroatoms. The number of anilines is 1. The van der Waals surface area contributed by atoms with Crippen molar-refractivity contribution in [2.75, 3.05) is 25.0 Å². The highest BCUT2D eigenvalue weighted by Crippen LogP contribution is 2.23. The summed E-state index contributed by atoms with van der Waals surface area (Å²) in [6.07, 6.45) is 2.75. The number of urea groups is 1. The quantitative estimate of drug-likeness (QED) is 0.224. The summed E-state index contributed by atoms with van der Waals surface area (Å²) in [6.45, 7) is 12.2. The number of carbonyl (C=O) groups excluding carboxylic acids is 2. The van der Waals surface area contributed by atoms with Crippen LogP contribution in [0.1, 0.15) is 51.3 Å². The molecule has 0 bridgehead atoms. The van der Waals surface area contributed by atoms with E-state index in [1.54, 1.807) is 4.90 Å². The van der Waals surface area contributed by atoms with Gasteiger partial charge in [-0.2, -0.15) is 0 Å². The summed E-state index contributed by atoms with van der Waals surface area (Å²) < 4.78 is 0. The largest absolute Gasteiger partial charge is 0.361 e. The van der Waals surface area contributed by atoms with Crippen molar-refractivity contribution in [2.24, 2.45) is 5.92 Å². The number of nitrogens with one attached hydrogen (secondary N) is 2. The number of carbonyl (C=O) groups is 2. The number of rotatable bonds is 10. The second-order valence-electron chi connectivity index (χ2n) is 11.9. The first-order valence-electron chi connectivity index (χ1n) is 14.1. The van der Waals surface area contributed by atoms with Crippen molar-refractivity contribution in [1.29, 1.82) is 0 Å². The normalized spacial score (nSPS) is 11.6. The molecule has 2 N–H and O–H groups in total. The van der Waals surface area contributed by atoms with Crippen LogP contribution in [0.5, 0.6) is 0 Å². The molecule has 0 saturated heterocycles. The van der Waals surface area contributed by atoms with E-state index in [1.165, 1.54) is 16.5 Å². The average molecular weight is 539 g/mol. The third-order valence-corrected chi connectivity index (χ3v) is 7.10. The van der Waals surface area contributed by atoms with E-state index in [-0.39, 0.29) is 29.8 Å². The third kappa shape index (κ3) is 7.75. The van der Waals surface area contributed by atoms with E-state index >= 15 is 0 Å². The first-order chi connectivity index (χ1) is 19.1. The second-order valence-corrected chi connectivity index (χ2v) is 11.9. The Hall–Kier alpha value is -4.06. The first kappa shape index (κ1) is 28.9. The molecule has 4 rings (SSSR count). The highest BCUT2D eigenvalue weighted by Gasteiger charge is 2.23. The van der Waals surface area contributed by atoms with Gasteiger partial charge in [-0.25, -0.2) is 4.79 Å². The highest BCUT2D eigenvalue weighted by molar-refractivity contribution is 5.92. The van der Waals surface area contributed by atoms with Gasteiger partial charge in [0, 0.05) is 42.4 Å². The predicted molar refractivity (Wildman–Crippen MR) is 164 cm³/mol. The molecular formula is C34H42N4O2. The topological polar surface area (TPSA) is 68.4 Å². The Morgan fingerprint density at radius 3 is 2.23 bits per heavy atom. The van der Waals surface area contributed by atoms with Crippen LogP contribution in [-0.4, -0.2) is 46.4 Å². The van der Waals surface area contributed by atoms with E-state index in [9.17, 15) is 9.59 Å². The lowest BCUT2D eigenvalue weighted by atomic mass is 9.87. The Morgan fingerprint density at radius 1 is 0.875 bits per heavy atom. The van der Waals surface area contributed by atoms with Crippen molar-refractivity contribution in [2.45, 2.75) is 53.0 Å².